The van der Waals surface area contributed by atoms with Crippen LogP contribution in [0.3, 0.4) is 0 Å². The Bertz CT molecular complexity index is 700. The molecule has 0 bridgehead atoms. The zero-order valence-electron chi connectivity index (χ0n) is 14.7. The van der Waals surface area contributed by atoms with E-state index in [-0.39, 0.29) is 19.1 Å². The highest BCUT2D eigenvalue weighted by Gasteiger charge is 2.19. The first-order valence-corrected chi connectivity index (χ1v) is 8.47. The number of hydrogen-bond acceptors (Lipinski definition) is 4. The number of amides is 1. The summed E-state index contributed by atoms with van der Waals surface area (Å²) in [7, 11) is 0. The van der Waals surface area contributed by atoms with E-state index in [4.69, 9.17) is 9.47 Å². The van der Waals surface area contributed by atoms with Crippen LogP contribution < -0.4 is 14.8 Å². The van der Waals surface area contributed by atoms with Crippen LogP contribution in [0, 0.1) is 5.92 Å². The van der Waals surface area contributed by atoms with Crippen LogP contribution in [-0.2, 0) is 16.0 Å². The molecular formula is C20H23NO5. The topological polar surface area (TPSA) is 84.9 Å². The van der Waals surface area contributed by atoms with Crippen LogP contribution in [-0.4, -0.2) is 36.7 Å². The van der Waals surface area contributed by atoms with E-state index in [1.807, 2.05) is 37.3 Å². The Kier molecular flexibility index (Phi) is 7.49. The number of nitrogens with one attached hydrogen (secondary N) is 1. The molecular weight excluding hydrogens is 334 g/mol. The van der Waals surface area contributed by atoms with E-state index in [1.165, 1.54) is 0 Å². The Balaban J connectivity index is 1.77. The van der Waals surface area contributed by atoms with Crippen molar-refractivity contribution in [2.45, 2.75) is 13.3 Å². The number of rotatable bonds is 10. The second kappa shape index (κ2) is 10.1. The number of carboxylic acid groups (broad SMARTS) is 1. The highest BCUT2D eigenvalue weighted by atomic mass is 16.5. The Morgan fingerprint density at radius 2 is 1.62 bits per heavy atom. The first-order valence-electron chi connectivity index (χ1n) is 8.47. The maximum absolute atomic E-state index is 11.9. The smallest absolute Gasteiger partial charge is 0.308 e. The molecule has 6 heteroatoms. The molecule has 138 valence electrons. The van der Waals surface area contributed by atoms with Gasteiger partial charge in [-0.3, -0.25) is 9.59 Å². The maximum Gasteiger partial charge on any atom is 0.308 e. The molecule has 0 saturated heterocycles. The number of carbonyl (C=O) groups excluding carboxylic acids is 1. The summed E-state index contributed by atoms with van der Waals surface area (Å²) in [5.41, 5.74) is 0.916. The van der Waals surface area contributed by atoms with Gasteiger partial charge in [-0.1, -0.05) is 30.3 Å². The van der Waals surface area contributed by atoms with Crippen LogP contribution >= 0.6 is 0 Å². The molecule has 0 aliphatic heterocycles. The Morgan fingerprint density at radius 1 is 1.00 bits per heavy atom. The van der Waals surface area contributed by atoms with Crippen LogP contribution in [0.5, 0.6) is 11.5 Å². The summed E-state index contributed by atoms with van der Waals surface area (Å²) in [6, 6.07) is 16.3. The largest absolute Gasteiger partial charge is 0.494 e. The Hall–Kier alpha value is -3.02. The standard InChI is InChI=1S/C20H23NO5/c1-2-25-17-8-10-18(11-9-17)26-14-19(22)21-13-16(20(23)24)12-15-6-4-3-5-7-15/h3-11,16H,2,12-14H2,1H3,(H,21,22)(H,23,24). The number of aliphatic carboxylic acids is 1. The molecule has 0 aliphatic carbocycles. The van der Waals surface area contributed by atoms with Crippen molar-refractivity contribution in [3.05, 3.63) is 60.2 Å². The lowest BCUT2D eigenvalue weighted by molar-refractivity contribution is -0.141. The number of ether oxygens (including phenoxy) is 2. The molecule has 26 heavy (non-hydrogen) atoms. The fraction of sp³-hybridized carbons (Fsp3) is 0.300. The van der Waals surface area contributed by atoms with Crippen LogP contribution in [0.2, 0.25) is 0 Å². The van der Waals surface area contributed by atoms with Crippen LogP contribution in [0.1, 0.15) is 12.5 Å². The number of hydrogen-bond donors (Lipinski definition) is 2. The first-order chi connectivity index (χ1) is 12.6. The summed E-state index contributed by atoms with van der Waals surface area (Å²) < 4.78 is 10.7. The SMILES string of the molecule is CCOc1ccc(OCC(=O)NCC(Cc2ccccc2)C(=O)O)cc1. The van der Waals surface area contributed by atoms with Gasteiger partial charge in [0, 0.05) is 6.54 Å². The molecule has 2 rings (SSSR count). The van der Waals surface area contributed by atoms with Gasteiger partial charge < -0.3 is 19.9 Å². The monoisotopic (exact) mass is 357 g/mol. The third-order valence-corrected chi connectivity index (χ3v) is 3.72. The van der Waals surface area contributed by atoms with Gasteiger partial charge in [-0.25, -0.2) is 0 Å². The lowest BCUT2D eigenvalue weighted by Gasteiger charge is -2.14. The third-order valence-electron chi connectivity index (χ3n) is 3.72. The van der Waals surface area contributed by atoms with Gasteiger partial charge in [0.05, 0.1) is 12.5 Å². The summed E-state index contributed by atoms with van der Waals surface area (Å²) in [6.45, 7) is 2.36. The van der Waals surface area contributed by atoms with Gasteiger partial charge in [-0.05, 0) is 43.2 Å². The summed E-state index contributed by atoms with van der Waals surface area (Å²) in [5, 5.41) is 11.9. The van der Waals surface area contributed by atoms with Gasteiger partial charge in [-0.15, -0.1) is 0 Å². The summed E-state index contributed by atoms with van der Waals surface area (Å²) in [6.07, 6.45) is 0.357. The van der Waals surface area contributed by atoms with Crippen molar-refractivity contribution in [3.8, 4) is 11.5 Å². The zero-order valence-corrected chi connectivity index (χ0v) is 14.7. The molecule has 0 saturated carbocycles. The molecule has 0 fully saturated rings. The molecule has 2 aromatic rings. The predicted molar refractivity (Wildman–Crippen MR) is 97.4 cm³/mol. The lowest BCUT2D eigenvalue weighted by Crippen LogP contribution is -2.36. The summed E-state index contributed by atoms with van der Waals surface area (Å²) in [5.74, 6) is -0.719. The fourth-order valence-corrected chi connectivity index (χ4v) is 2.38. The van der Waals surface area contributed by atoms with E-state index in [1.54, 1.807) is 24.3 Å². The number of carbonyl (C=O) groups is 2. The predicted octanol–water partition coefficient (Wildman–Crippen LogP) is 2.52. The number of carboxylic acids is 1. The molecule has 1 unspecified atom stereocenters. The highest BCUT2D eigenvalue weighted by molar-refractivity contribution is 5.78. The Morgan fingerprint density at radius 3 is 2.19 bits per heavy atom. The van der Waals surface area contributed by atoms with Gasteiger partial charge in [-0.2, -0.15) is 0 Å². The molecule has 0 spiro atoms. The number of benzene rings is 2. The first kappa shape index (κ1) is 19.3. The van der Waals surface area contributed by atoms with Crippen molar-refractivity contribution >= 4 is 11.9 Å². The minimum atomic E-state index is -0.943. The average molecular weight is 357 g/mol. The molecule has 2 N–H and O–H groups in total. The average Bonchev–Trinajstić information content (AvgIpc) is 2.65. The van der Waals surface area contributed by atoms with Crippen LogP contribution in [0.15, 0.2) is 54.6 Å². The van der Waals surface area contributed by atoms with Crippen molar-refractivity contribution in [1.29, 1.82) is 0 Å². The molecule has 0 aromatic heterocycles. The Labute approximate surface area is 152 Å². The molecule has 0 radical (unpaired) electrons. The van der Waals surface area contributed by atoms with E-state index in [0.717, 1.165) is 11.3 Å². The van der Waals surface area contributed by atoms with Gasteiger partial charge in [0.1, 0.15) is 11.5 Å². The normalized spacial score (nSPS) is 11.4. The third kappa shape index (κ3) is 6.47. The van der Waals surface area contributed by atoms with E-state index in [0.29, 0.717) is 18.8 Å². The molecule has 0 heterocycles. The van der Waals surface area contributed by atoms with Gasteiger partial charge in [0.2, 0.25) is 0 Å². The minimum Gasteiger partial charge on any atom is -0.494 e. The van der Waals surface area contributed by atoms with Crippen LogP contribution in [0.4, 0.5) is 0 Å². The maximum atomic E-state index is 11.9. The minimum absolute atomic E-state index is 0.0513. The highest BCUT2D eigenvalue weighted by Crippen LogP contribution is 2.17. The van der Waals surface area contributed by atoms with Crippen molar-refractivity contribution in [2.75, 3.05) is 19.8 Å². The van der Waals surface area contributed by atoms with Crippen molar-refractivity contribution in [1.82, 2.24) is 5.32 Å². The van der Waals surface area contributed by atoms with Gasteiger partial charge >= 0.3 is 5.97 Å². The molecule has 6 nitrogen and oxygen atoms in total. The van der Waals surface area contributed by atoms with E-state index in [9.17, 15) is 14.7 Å². The van der Waals surface area contributed by atoms with E-state index < -0.39 is 11.9 Å². The van der Waals surface area contributed by atoms with E-state index in [2.05, 4.69) is 5.32 Å². The molecule has 0 aliphatic rings. The lowest BCUT2D eigenvalue weighted by atomic mass is 9.99. The second-order valence-electron chi connectivity index (χ2n) is 5.72. The summed E-state index contributed by atoms with van der Waals surface area (Å²) >= 11 is 0. The van der Waals surface area contributed by atoms with Crippen LogP contribution in [0.25, 0.3) is 0 Å². The zero-order chi connectivity index (χ0) is 18.8. The molecule has 2 aromatic carbocycles. The summed E-state index contributed by atoms with van der Waals surface area (Å²) in [4.78, 5) is 23.3. The van der Waals surface area contributed by atoms with Gasteiger partial charge in [0.15, 0.2) is 6.61 Å². The van der Waals surface area contributed by atoms with Crippen molar-refractivity contribution < 1.29 is 24.2 Å². The van der Waals surface area contributed by atoms with E-state index >= 15 is 0 Å². The van der Waals surface area contributed by atoms with Gasteiger partial charge in [0.25, 0.3) is 5.91 Å². The van der Waals surface area contributed by atoms with Crippen molar-refractivity contribution in [3.63, 3.8) is 0 Å². The fourth-order valence-electron chi connectivity index (χ4n) is 2.38. The molecule has 1 amide bonds. The van der Waals surface area contributed by atoms with Crippen molar-refractivity contribution in [2.24, 2.45) is 5.92 Å². The quantitative estimate of drug-likeness (QED) is 0.682. The molecule has 1 atom stereocenters. The second-order valence-corrected chi connectivity index (χ2v) is 5.72.